The number of anilines is 1. The Balaban J connectivity index is 2.03. The summed E-state index contributed by atoms with van der Waals surface area (Å²) in [5.41, 5.74) is 9.74. The van der Waals surface area contributed by atoms with Crippen molar-refractivity contribution in [2.75, 3.05) is 25.6 Å². The number of hydrogen-bond donors (Lipinski definition) is 1. The fourth-order valence-electron chi connectivity index (χ4n) is 2.64. The molecule has 10 nitrogen and oxygen atoms in total. The van der Waals surface area contributed by atoms with E-state index in [4.69, 9.17) is 21.9 Å². The van der Waals surface area contributed by atoms with E-state index in [1.54, 1.807) is 15.8 Å². The van der Waals surface area contributed by atoms with Crippen LogP contribution in [-0.2, 0) is 4.74 Å². The van der Waals surface area contributed by atoms with Crippen LogP contribution in [0.3, 0.4) is 0 Å². The molecule has 0 radical (unpaired) electrons. The van der Waals surface area contributed by atoms with Crippen LogP contribution in [0.1, 0.15) is 12.6 Å². The van der Waals surface area contributed by atoms with E-state index >= 15 is 0 Å². The topological polar surface area (TPSA) is 125 Å². The van der Waals surface area contributed by atoms with Crippen LogP contribution in [0.25, 0.3) is 21.6 Å². The van der Waals surface area contributed by atoms with Crippen molar-refractivity contribution < 1.29 is 9.84 Å². The van der Waals surface area contributed by atoms with E-state index in [9.17, 15) is 5.11 Å². The average molecular weight is 339 g/mol. The number of halogens is 1. The van der Waals surface area contributed by atoms with Gasteiger partial charge in [-0.15, -0.1) is 0 Å². The van der Waals surface area contributed by atoms with Crippen LogP contribution in [0.5, 0.6) is 0 Å². The lowest BCUT2D eigenvalue weighted by atomic mass is 10.1. The summed E-state index contributed by atoms with van der Waals surface area (Å²) in [6.07, 6.45) is 0.993. The third-order valence-electron chi connectivity index (χ3n) is 3.69. The normalized spacial score (nSPS) is 23.9. The molecule has 0 spiro atoms. The van der Waals surface area contributed by atoms with Crippen molar-refractivity contribution in [3.63, 3.8) is 0 Å². The van der Waals surface area contributed by atoms with Gasteiger partial charge >= 0.3 is 0 Å². The zero-order chi connectivity index (χ0) is 16.6. The number of hydrogen-bond acceptors (Lipinski definition) is 7. The molecule has 0 aliphatic carbocycles. The number of aliphatic hydroxyl groups is 1. The summed E-state index contributed by atoms with van der Waals surface area (Å²) in [7, 11) is 3.67. The van der Waals surface area contributed by atoms with Gasteiger partial charge in [-0.25, -0.2) is 4.98 Å². The Bertz CT molecular complexity index is 772. The van der Waals surface area contributed by atoms with Crippen molar-refractivity contribution in [3.05, 3.63) is 22.1 Å². The number of ether oxygens (including phenoxy) is 1. The standard InChI is InChI=1S/C12H15ClN8O2/c1-20(2)10-9-11(17-12(13)16-10)21(5-15-9)8-3-6(18-19-14)7(4-22)23-8/h5-8,22H,3-4H2,1-2H3/t6?,7-,8-/m1/s1. The predicted octanol–water partition coefficient (Wildman–Crippen LogP) is 1.50. The van der Waals surface area contributed by atoms with Gasteiger partial charge in [-0.05, 0) is 17.1 Å². The van der Waals surface area contributed by atoms with Gasteiger partial charge in [0.05, 0.1) is 25.1 Å². The van der Waals surface area contributed by atoms with Crippen molar-refractivity contribution in [2.24, 2.45) is 5.11 Å². The van der Waals surface area contributed by atoms with E-state index in [1.807, 2.05) is 14.1 Å². The van der Waals surface area contributed by atoms with Gasteiger partial charge in [0.1, 0.15) is 6.23 Å². The minimum absolute atomic E-state index is 0.103. The average Bonchev–Trinajstić information content (AvgIpc) is 3.10. The maximum Gasteiger partial charge on any atom is 0.226 e. The lowest BCUT2D eigenvalue weighted by molar-refractivity contribution is -0.0232. The van der Waals surface area contributed by atoms with Crippen LogP contribution in [0, 0.1) is 0 Å². The summed E-state index contributed by atoms with van der Waals surface area (Å²) in [6.45, 7) is -0.231. The number of azide groups is 1. The largest absolute Gasteiger partial charge is 0.394 e. The van der Waals surface area contributed by atoms with Crippen LogP contribution in [0.2, 0.25) is 5.28 Å². The second kappa shape index (κ2) is 6.17. The van der Waals surface area contributed by atoms with Crippen LogP contribution in [0.15, 0.2) is 11.4 Å². The summed E-state index contributed by atoms with van der Waals surface area (Å²) >= 11 is 6.00. The summed E-state index contributed by atoms with van der Waals surface area (Å²) in [5.74, 6) is 0.599. The number of fused-ring (bicyclic) bond motifs is 1. The fourth-order valence-corrected chi connectivity index (χ4v) is 2.80. The van der Waals surface area contributed by atoms with Crippen molar-refractivity contribution in [1.29, 1.82) is 0 Å². The van der Waals surface area contributed by atoms with Gasteiger partial charge in [0.25, 0.3) is 0 Å². The minimum atomic E-state index is -0.557. The maximum absolute atomic E-state index is 9.37. The van der Waals surface area contributed by atoms with Gasteiger partial charge < -0.3 is 14.7 Å². The Hall–Kier alpha value is -2.13. The number of aliphatic hydroxyl groups excluding tert-OH is 1. The van der Waals surface area contributed by atoms with Crippen LogP contribution < -0.4 is 4.90 Å². The Morgan fingerprint density at radius 3 is 3.00 bits per heavy atom. The quantitative estimate of drug-likeness (QED) is 0.390. The molecule has 1 unspecified atom stereocenters. The molecular formula is C12H15ClN8O2. The lowest BCUT2D eigenvalue weighted by Gasteiger charge is -2.15. The van der Waals surface area contributed by atoms with Gasteiger partial charge in [-0.3, -0.25) is 4.57 Å². The van der Waals surface area contributed by atoms with Gasteiger partial charge in [0.2, 0.25) is 5.28 Å². The van der Waals surface area contributed by atoms with Crippen LogP contribution >= 0.6 is 11.6 Å². The molecule has 3 rings (SSSR count). The van der Waals surface area contributed by atoms with E-state index in [0.29, 0.717) is 23.4 Å². The molecule has 23 heavy (non-hydrogen) atoms. The third-order valence-corrected chi connectivity index (χ3v) is 3.86. The molecule has 2 aromatic rings. The minimum Gasteiger partial charge on any atom is -0.394 e. The van der Waals surface area contributed by atoms with Gasteiger partial charge in [0, 0.05) is 25.4 Å². The summed E-state index contributed by atoms with van der Waals surface area (Å²) in [4.78, 5) is 17.3. The van der Waals surface area contributed by atoms with Crippen LogP contribution in [0.4, 0.5) is 5.82 Å². The Labute approximate surface area is 136 Å². The molecule has 0 amide bonds. The molecule has 1 aliphatic heterocycles. The molecule has 1 aliphatic rings. The molecule has 11 heteroatoms. The Morgan fingerprint density at radius 2 is 2.35 bits per heavy atom. The molecule has 2 aromatic heterocycles. The molecule has 1 N–H and O–H groups in total. The van der Waals surface area contributed by atoms with E-state index in [2.05, 4.69) is 25.0 Å². The van der Waals surface area contributed by atoms with Crippen molar-refractivity contribution in [3.8, 4) is 0 Å². The molecule has 3 atom stereocenters. The molecule has 3 heterocycles. The summed E-state index contributed by atoms with van der Waals surface area (Å²) in [5, 5.41) is 13.1. The van der Waals surface area contributed by atoms with Gasteiger partial charge in [-0.2, -0.15) is 9.97 Å². The highest BCUT2D eigenvalue weighted by atomic mass is 35.5. The predicted molar refractivity (Wildman–Crippen MR) is 83.2 cm³/mol. The molecule has 122 valence electrons. The van der Waals surface area contributed by atoms with Gasteiger partial charge in [-0.1, -0.05) is 5.11 Å². The van der Waals surface area contributed by atoms with Gasteiger partial charge in [0.15, 0.2) is 17.0 Å². The van der Waals surface area contributed by atoms with Crippen molar-refractivity contribution in [1.82, 2.24) is 19.5 Å². The number of nitrogens with zero attached hydrogens (tertiary/aromatic N) is 8. The number of aromatic nitrogens is 4. The number of rotatable bonds is 4. The SMILES string of the molecule is CN(C)c1nc(Cl)nc2c1ncn2[C@H]1CC(N=[N+]=[N-])[C@@H](CO)O1. The molecule has 1 saturated heterocycles. The molecule has 0 saturated carbocycles. The Kier molecular flexibility index (Phi) is 4.22. The highest BCUT2D eigenvalue weighted by Crippen LogP contribution is 2.34. The monoisotopic (exact) mass is 338 g/mol. The zero-order valence-electron chi connectivity index (χ0n) is 12.5. The van der Waals surface area contributed by atoms with Crippen LogP contribution in [-0.4, -0.2) is 57.5 Å². The third kappa shape index (κ3) is 2.77. The first-order valence-corrected chi connectivity index (χ1v) is 7.31. The van der Waals surface area contributed by atoms with Crippen molar-refractivity contribution >= 4 is 28.6 Å². The highest BCUT2D eigenvalue weighted by Gasteiger charge is 2.36. The van der Waals surface area contributed by atoms with E-state index in [-0.39, 0.29) is 11.9 Å². The lowest BCUT2D eigenvalue weighted by Crippen LogP contribution is -2.22. The van der Waals surface area contributed by atoms with E-state index in [0.717, 1.165) is 0 Å². The second-order valence-electron chi connectivity index (χ2n) is 5.35. The highest BCUT2D eigenvalue weighted by molar-refractivity contribution is 6.28. The van der Waals surface area contributed by atoms with Crippen molar-refractivity contribution in [2.45, 2.75) is 24.8 Å². The fraction of sp³-hybridized carbons (Fsp3) is 0.583. The Morgan fingerprint density at radius 1 is 1.57 bits per heavy atom. The van der Waals surface area contributed by atoms with E-state index < -0.39 is 18.4 Å². The molecule has 1 fully saturated rings. The molecule has 0 aromatic carbocycles. The zero-order valence-corrected chi connectivity index (χ0v) is 13.3. The molecule has 0 bridgehead atoms. The maximum atomic E-state index is 9.37. The first-order valence-electron chi connectivity index (χ1n) is 6.93. The second-order valence-corrected chi connectivity index (χ2v) is 5.69. The smallest absolute Gasteiger partial charge is 0.226 e. The first-order chi connectivity index (χ1) is 11.0. The first kappa shape index (κ1) is 15.8. The summed E-state index contributed by atoms with van der Waals surface area (Å²) in [6, 6.07) is -0.446. The number of imidazole rings is 1. The summed E-state index contributed by atoms with van der Waals surface area (Å²) < 4.78 is 7.47. The molecular weight excluding hydrogens is 324 g/mol. The van der Waals surface area contributed by atoms with E-state index in [1.165, 1.54) is 0 Å².